The van der Waals surface area contributed by atoms with Crippen LogP contribution in [0.4, 0.5) is 4.20 Å². The van der Waals surface area contributed by atoms with E-state index in [9.17, 15) is 4.20 Å². The molecule has 0 aromatic carbocycles. The predicted octanol–water partition coefficient (Wildman–Crippen LogP) is 2.82. The van der Waals surface area contributed by atoms with Crippen molar-refractivity contribution < 1.29 is 4.20 Å². The van der Waals surface area contributed by atoms with E-state index in [4.69, 9.17) is 0 Å². The van der Waals surface area contributed by atoms with Gasteiger partial charge in [0.2, 0.25) is 0 Å². The third-order valence-corrected chi connectivity index (χ3v) is 1.57. The van der Waals surface area contributed by atoms with Crippen LogP contribution in [0.3, 0.4) is 0 Å². The average Bonchev–Trinajstić information content (AvgIpc) is 1.37. The maximum atomic E-state index is 10.6. The first-order valence-corrected chi connectivity index (χ1v) is 5.26. The molecule has 0 radical (unpaired) electrons. The topological polar surface area (TPSA) is 0 Å². The SMILES string of the molecule is F[P-]SI. The number of hydrogen-bond acceptors (Lipinski definition) is 1. The van der Waals surface area contributed by atoms with Crippen molar-refractivity contribution >= 4 is 37.9 Å². The summed E-state index contributed by atoms with van der Waals surface area (Å²) >= 11 is 1.88. The van der Waals surface area contributed by atoms with E-state index in [1.165, 1.54) is 0 Å². The third-order valence-electron chi connectivity index (χ3n) is 0.0261. The highest BCUT2D eigenvalue weighted by Crippen LogP contribution is 2.36. The van der Waals surface area contributed by atoms with Gasteiger partial charge < -0.3 is 4.20 Å². The summed E-state index contributed by atoms with van der Waals surface area (Å²) in [6.45, 7) is 0. The molecule has 0 N–H and O–H groups in total. The molecule has 0 nitrogen and oxygen atoms in total. The fourth-order valence-corrected chi connectivity index (χ4v) is 0. The first kappa shape index (κ1) is 5.44. The van der Waals surface area contributed by atoms with Crippen LogP contribution in [0.25, 0.3) is 0 Å². The molecule has 0 aromatic rings. The molecule has 0 saturated heterocycles. The molecule has 0 spiro atoms. The highest BCUT2D eigenvalue weighted by molar-refractivity contribution is 14.2. The summed E-state index contributed by atoms with van der Waals surface area (Å²) in [5, 5.41) is 0. The summed E-state index contributed by atoms with van der Waals surface area (Å²) in [6.07, 6.45) is 0. The van der Waals surface area contributed by atoms with E-state index in [1.807, 2.05) is 21.2 Å². The van der Waals surface area contributed by atoms with E-state index in [0.29, 0.717) is 0 Å². The minimum atomic E-state index is -0.0982. The number of halogens is 2. The van der Waals surface area contributed by atoms with E-state index >= 15 is 0 Å². The Kier molecular flexibility index (Phi) is 6.04. The van der Waals surface area contributed by atoms with Crippen molar-refractivity contribution in [3.8, 4) is 0 Å². The lowest BCUT2D eigenvalue weighted by Crippen LogP contribution is -0.902. The largest absolute Gasteiger partial charge is 0.454 e. The summed E-state index contributed by atoms with van der Waals surface area (Å²) in [5.41, 5.74) is 0. The van der Waals surface area contributed by atoms with E-state index in [2.05, 4.69) is 0 Å². The molecule has 0 aliphatic carbocycles. The zero-order chi connectivity index (χ0) is 3.41. The van der Waals surface area contributed by atoms with Gasteiger partial charge in [-0.15, -0.1) is 0 Å². The van der Waals surface area contributed by atoms with Crippen molar-refractivity contribution in [2.75, 3.05) is 0 Å². The zero-order valence-corrected chi connectivity index (χ0v) is 5.48. The summed E-state index contributed by atoms with van der Waals surface area (Å²) in [7, 11) is 1.03. The van der Waals surface area contributed by atoms with Crippen molar-refractivity contribution in [3.05, 3.63) is 0 Å². The second kappa shape index (κ2) is 4.44. The van der Waals surface area contributed by atoms with Crippen molar-refractivity contribution in [2.45, 2.75) is 0 Å². The molecule has 0 aliphatic rings. The smallest absolute Gasteiger partial charge is 0.0383 e. The van der Waals surface area contributed by atoms with Gasteiger partial charge >= 0.3 is 0 Å². The third kappa shape index (κ3) is 3.44. The molecule has 0 unspecified atom stereocenters. The Morgan fingerprint density at radius 1 is 2.00 bits per heavy atom. The monoisotopic (exact) mass is 209 g/mol. The van der Waals surface area contributed by atoms with Gasteiger partial charge in [-0.3, -0.25) is 8.09 Å². The van der Waals surface area contributed by atoms with Crippen molar-refractivity contribution in [2.24, 2.45) is 0 Å². The molecule has 0 heterocycles. The highest BCUT2D eigenvalue weighted by atomic mass is 127. The van der Waals surface area contributed by atoms with Gasteiger partial charge in [-0.1, -0.05) is 0 Å². The average molecular weight is 209 g/mol. The Hall–Kier alpha value is 1.44. The van der Waals surface area contributed by atoms with E-state index < -0.39 is 0 Å². The summed E-state index contributed by atoms with van der Waals surface area (Å²) < 4.78 is 10.6. The molecule has 0 aromatic heterocycles. The van der Waals surface area contributed by atoms with Crippen molar-refractivity contribution in [1.82, 2.24) is 0 Å². The Labute approximate surface area is 42.2 Å². The normalized spacial score (nSPS) is 10.5. The Morgan fingerprint density at radius 3 is 2.25 bits per heavy atom. The lowest BCUT2D eigenvalue weighted by molar-refractivity contribution is 0.937. The van der Waals surface area contributed by atoms with Crippen LogP contribution in [0.5, 0.6) is 0 Å². The second-order valence-corrected chi connectivity index (χ2v) is 4.79. The standard InChI is InChI=1S/FIPS/c1-3-4-2/q-1. The minimum absolute atomic E-state index is 0.0982. The van der Waals surface area contributed by atoms with E-state index in [0.717, 1.165) is 8.55 Å². The number of hydrogen-bond donors (Lipinski definition) is 0. The van der Waals surface area contributed by atoms with Gasteiger partial charge in [0, 0.05) is 0 Å². The predicted molar refractivity (Wildman–Crippen MR) is 29.6 cm³/mol. The molecule has 4 heavy (non-hydrogen) atoms. The van der Waals surface area contributed by atoms with Gasteiger partial charge in [0.25, 0.3) is 0 Å². The molecule has 0 bridgehead atoms. The first-order chi connectivity index (χ1) is 1.91. The molecule has 0 fully saturated rings. The van der Waals surface area contributed by atoms with Crippen LogP contribution in [0, 0.1) is 0 Å². The van der Waals surface area contributed by atoms with E-state index in [1.54, 1.807) is 0 Å². The minimum Gasteiger partial charge on any atom is -0.454 e. The van der Waals surface area contributed by atoms with Crippen LogP contribution in [-0.2, 0) is 0 Å². The van der Waals surface area contributed by atoms with Gasteiger partial charge in [-0.2, -0.15) is 0 Å². The maximum Gasteiger partial charge on any atom is -0.0383 e. The van der Waals surface area contributed by atoms with Crippen LogP contribution in [0.2, 0.25) is 0 Å². The second-order valence-electron chi connectivity index (χ2n) is 0.138. The molecule has 26 valence electrons. The summed E-state index contributed by atoms with van der Waals surface area (Å²) in [5.74, 6) is 0. The van der Waals surface area contributed by atoms with Gasteiger partial charge in [-0.25, -0.2) is 8.55 Å². The molecule has 0 saturated carbocycles. The molecule has 0 amide bonds. The fraction of sp³-hybridized carbons (Fsp3) is 0. The summed E-state index contributed by atoms with van der Waals surface area (Å²) in [6, 6.07) is 0. The molecular formula is FIPS-. The van der Waals surface area contributed by atoms with Crippen LogP contribution >= 0.6 is 37.9 Å². The van der Waals surface area contributed by atoms with Gasteiger partial charge in [0.1, 0.15) is 0 Å². The molecular weight excluding hydrogens is 209 g/mol. The maximum absolute atomic E-state index is 10.6. The van der Waals surface area contributed by atoms with E-state index in [-0.39, 0.29) is 8.09 Å². The van der Waals surface area contributed by atoms with Gasteiger partial charge in [0.15, 0.2) is 0 Å². The zero-order valence-electron chi connectivity index (χ0n) is 1.61. The van der Waals surface area contributed by atoms with Crippen LogP contribution in [-0.4, -0.2) is 0 Å². The summed E-state index contributed by atoms with van der Waals surface area (Å²) in [4.78, 5) is 0. The van der Waals surface area contributed by atoms with Crippen molar-refractivity contribution in [1.29, 1.82) is 0 Å². The lowest BCUT2D eigenvalue weighted by atomic mass is 18.9. The Balaban J connectivity index is 1.97. The van der Waals surface area contributed by atoms with Gasteiger partial charge in [0.05, 0.1) is 0 Å². The van der Waals surface area contributed by atoms with Crippen LogP contribution in [0.15, 0.2) is 0 Å². The highest BCUT2D eigenvalue weighted by Gasteiger charge is 1.38. The fourth-order valence-electron chi connectivity index (χ4n) is 0. The first-order valence-electron chi connectivity index (χ1n) is 0.506. The molecule has 0 aliphatic heterocycles. The van der Waals surface area contributed by atoms with Crippen molar-refractivity contribution in [3.63, 3.8) is 0 Å². The Bertz CT molecular complexity index is 10.0. The Morgan fingerprint density at radius 2 is 2.25 bits per heavy atom. The number of rotatable bonds is 1. The molecule has 4 heteroatoms. The molecule has 0 atom stereocenters. The van der Waals surface area contributed by atoms with Gasteiger partial charge in [-0.05, 0) is 21.2 Å². The van der Waals surface area contributed by atoms with Crippen LogP contribution < -0.4 is 0 Å². The van der Waals surface area contributed by atoms with Crippen LogP contribution in [0.1, 0.15) is 0 Å². The quantitative estimate of drug-likeness (QED) is 0.472. The molecule has 0 rings (SSSR count). The lowest BCUT2D eigenvalue weighted by Gasteiger charge is -1.88.